The van der Waals surface area contributed by atoms with Gasteiger partial charge >= 0.3 is 0 Å². The van der Waals surface area contributed by atoms with Crippen molar-refractivity contribution >= 4 is 5.91 Å². The summed E-state index contributed by atoms with van der Waals surface area (Å²) in [5.74, 6) is 0.153. The number of aliphatic hydroxyl groups is 1. The fourth-order valence-electron chi connectivity index (χ4n) is 3.19. The van der Waals surface area contributed by atoms with Gasteiger partial charge < -0.3 is 10.0 Å². The summed E-state index contributed by atoms with van der Waals surface area (Å²) in [6, 6.07) is 0.339. The van der Waals surface area contributed by atoms with Crippen LogP contribution in [0.4, 0.5) is 0 Å². The third kappa shape index (κ3) is 3.41. The summed E-state index contributed by atoms with van der Waals surface area (Å²) in [6.07, 6.45) is 4.53. The second-order valence-electron chi connectivity index (χ2n) is 6.10. The fourth-order valence-corrected chi connectivity index (χ4v) is 3.19. The van der Waals surface area contributed by atoms with E-state index in [1.807, 2.05) is 15.8 Å². The minimum Gasteiger partial charge on any atom is -0.392 e. The molecule has 3 rings (SSSR count). The average Bonchev–Trinajstić information content (AvgIpc) is 3.09. The smallest absolute Gasteiger partial charge is 0.219 e. The molecule has 116 valence electrons. The summed E-state index contributed by atoms with van der Waals surface area (Å²) in [7, 11) is 0. The summed E-state index contributed by atoms with van der Waals surface area (Å²) < 4.78 is 1.94. The first-order chi connectivity index (χ1) is 10.1. The van der Waals surface area contributed by atoms with Crippen LogP contribution in [0.2, 0.25) is 0 Å². The number of β-amino-alcohol motifs (C(OH)–C–C–N with tert-alkyl or cyclic N) is 1. The van der Waals surface area contributed by atoms with Crippen molar-refractivity contribution < 1.29 is 9.90 Å². The second kappa shape index (κ2) is 6.11. The number of aliphatic hydroxyl groups excluding tert-OH is 1. The van der Waals surface area contributed by atoms with Crippen LogP contribution in [0.1, 0.15) is 37.9 Å². The molecule has 3 heterocycles. The number of aromatic nitrogens is 3. The van der Waals surface area contributed by atoms with E-state index in [1.54, 1.807) is 6.92 Å². The quantitative estimate of drug-likeness (QED) is 0.851. The predicted octanol–water partition coefficient (Wildman–Crippen LogP) is 0.0281. The van der Waals surface area contributed by atoms with Crippen molar-refractivity contribution in [1.82, 2.24) is 24.8 Å². The van der Waals surface area contributed by atoms with Crippen molar-refractivity contribution in [2.75, 3.05) is 26.2 Å². The van der Waals surface area contributed by atoms with Gasteiger partial charge in [-0.05, 0) is 19.3 Å². The lowest BCUT2D eigenvalue weighted by molar-refractivity contribution is -0.130. The molecular weight excluding hydrogens is 270 g/mol. The van der Waals surface area contributed by atoms with Crippen LogP contribution in [0, 0.1) is 0 Å². The van der Waals surface area contributed by atoms with Crippen LogP contribution in [0.5, 0.6) is 0 Å². The number of amides is 1. The lowest BCUT2D eigenvalue weighted by atomic mass is 10.1. The summed E-state index contributed by atoms with van der Waals surface area (Å²) >= 11 is 0. The predicted molar refractivity (Wildman–Crippen MR) is 76.4 cm³/mol. The third-order valence-electron chi connectivity index (χ3n) is 4.47. The van der Waals surface area contributed by atoms with E-state index in [0.29, 0.717) is 6.04 Å². The van der Waals surface area contributed by atoms with Crippen molar-refractivity contribution in [2.45, 2.75) is 44.9 Å². The molecule has 0 spiro atoms. The van der Waals surface area contributed by atoms with Crippen LogP contribution in [-0.2, 0) is 11.3 Å². The number of carbonyl (C=O) groups is 1. The van der Waals surface area contributed by atoms with E-state index < -0.39 is 0 Å². The summed E-state index contributed by atoms with van der Waals surface area (Å²) in [5, 5.41) is 18.0. The summed E-state index contributed by atoms with van der Waals surface area (Å²) in [5.41, 5.74) is 0.957. The highest BCUT2D eigenvalue weighted by Crippen LogP contribution is 2.22. The minimum absolute atomic E-state index is 0.153. The van der Waals surface area contributed by atoms with Crippen molar-refractivity contribution in [2.24, 2.45) is 0 Å². The second-order valence-corrected chi connectivity index (χ2v) is 6.10. The molecule has 7 heteroatoms. The molecule has 1 amide bonds. The maximum absolute atomic E-state index is 11.3. The highest BCUT2D eigenvalue weighted by Gasteiger charge is 2.24. The van der Waals surface area contributed by atoms with Gasteiger partial charge in [-0.3, -0.25) is 9.69 Å². The number of piperidine rings is 1. The lowest BCUT2D eigenvalue weighted by Gasteiger charge is -2.31. The molecular formula is C14H23N5O2. The Hall–Kier alpha value is -1.47. The standard InChI is InChI=1S/C14H23N5O2/c1-11(20)18-6-2-13(3-7-18)19-9-12(15-16-19)8-17-5-4-14(21)10-17/h9,13-14,21H,2-8,10H2,1H3/t14-/m0/s1. The fraction of sp³-hybridized carbons (Fsp3) is 0.786. The summed E-state index contributed by atoms with van der Waals surface area (Å²) in [6.45, 7) is 5.62. The van der Waals surface area contributed by atoms with Gasteiger partial charge in [0.25, 0.3) is 0 Å². The molecule has 2 saturated heterocycles. The van der Waals surface area contributed by atoms with E-state index in [0.717, 1.165) is 57.7 Å². The molecule has 2 aliphatic heterocycles. The Morgan fingerprint density at radius 1 is 1.33 bits per heavy atom. The molecule has 1 aromatic heterocycles. The Labute approximate surface area is 124 Å². The molecule has 1 atom stereocenters. The van der Waals surface area contributed by atoms with Crippen molar-refractivity contribution in [3.05, 3.63) is 11.9 Å². The van der Waals surface area contributed by atoms with Crippen LogP contribution >= 0.6 is 0 Å². The van der Waals surface area contributed by atoms with Gasteiger partial charge in [0, 0.05) is 39.6 Å². The molecule has 2 fully saturated rings. The van der Waals surface area contributed by atoms with Gasteiger partial charge in [0.15, 0.2) is 0 Å². The Morgan fingerprint density at radius 3 is 2.71 bits per heavy atom. The van der Waals surface area contributed by atoms with E-state index in [4.69, 9.17) is 0 Å². The van der Waals surface area contributed by atoms with E-state index >= 15 is 0 Å². The monoisotopic (exact) mass is 293 g/mol. The Balaban J connectivity index is 1.54. The maximum Gasteiger partial charge on any atom is 0.219 e. The lowest BCUT2D eigenvalue weighted by Crippen LogP contribution is -2.37. The molecule has 1 aromatic rings. The highest BCUT2D eigenvalue weighted by atomic mass is 16.3. The summed E-state index contributed by atoms with van der Waals surface area (Å²) in [4.78, 5) is 15.4. The van der Waals surface area contributed by atoms with Gasteiger partial charge in [-0.2, -0.15) is 0 Å². The first-order valence-corrected chi connectivity index (χ1v) is 7.68. The van der Waals surface area contributed by atoms with Crippen LogP contribution in [0.25, 0.3) is 0 Å². The van der Waals surface area contributed by atoms with E-state index in [1.165, 1.54) is 0 Å². The number of likely N-dealkylation sites (tertiary alicyclic amines) is 2. The van der Waals surface area contributed by atoms with E-state index in [2.05, 4.69) is 15.2 Å². The van der Waals surface area contributed by atoms with Crippen LogP contribution in [-0.4, -0.2) is 68.1 Å². The Bertz CT molecular complexity index is 495. The molecule has 0 saturated carbocycles. The van der Waals surface area contributed by atoms with Gasteiger partial charge in [0.05, 0.1) is 24.0 Å². The van der Waals surface area contributed by atoms with E-state index in [-0.39, 0.29) is 12.0 Å². The first kappa shape index (κ1) is 14.5. The molecule has 0 radical (unpaired) electrons. The Kier molecular flexibility index (Phi) is 4.21. The average molecular weight is 293 g/mol. The number of carbonyl (C=O) groups excluding carboxylic acids is 1. The van der Waals surface area contributed by atoms with Crippen LogP contribution < -0.4 is 0 Å². The normalized spacial score (nSPS) is 24.7. The zero-order valence-corrected chi connectivity index (χ0v) is 12.5. The minimum atomic E-state index is -0.198. The van der Waals surface area contributed by atoms with E-state index in [9.17, 15) is 9.90 Å². The van der Waals surface area contributed by atoms with Gasteiger partial charge in [0.1, 0.15) is 0 Å². The molecule has 0 unspecified atom stereocenters. The highest BCUT2D eigenvalue weighted by molar-refractivity contribution is 5.73. The molecule has 21 heavy (non-hydrogen) atoms. The van der Waals surface area contributed by atoms with Crippen LogP contribution in [0.3, 0.4) is 0 Å². The van der Waals surface area contributed by atoms with Crippen LogP contribution in [0.15, 0.2) is 6.20 Å². The Morgan fingerprint density at radius 2 is 2.10 bits per heavy atom. The molecule has 0 aromatic carbocycles. The largest absolute Gasteiger partial charge is 0.392 e. The van der Waals surface area contributed by atoms with Crippen molar-refractivity contribution in [3.63, 3.8) is 0 Å². The molecule has 0 aliphatic carbocycles. The zero-order valence-electron chi connectivity index (χ0n) is 12.5. The van der Waals surface area contributed by atoms with Gasteiger partial charge in [-0.1, -0.05) is 5.21 Å². The van der Waals surface area contributed by atoms with Gasteiger partial charge in [0.2, 0.25) is 5.91 Å². The van der Waals surface area contributed by atoms with Gasteiger partial charge in [-0.25, -0.2) is 4.68 Å². The number of hydrogen-bond acceptors (Lipinski definition) is 5. The van der Waals surface area contributed by atoms with Crippen molar-refractivity contribution in [3.8, 4) is 0 Å². The SMILES string of the molecule is CC(=O)N1CCC(n2cc(CN3CC[C@H](O)C3)nn2)CC1. The topological polar surface area (TPSA) is 74.5 Å². The molecule has 0 bridgehead atoms. The number of rotatable bonds is 3. The number of nitrogens with zero attached hydrogens (tertiary/aromatic N) is 5. The third-order valence-corrected chi connectivity index (χ3v) is 4.47. The van der Waals surface area contributed by atoms with Gasteiger partial charge in [-0.15, -0.1) is 5.10 Å². The molecule has 7 nitrogen and oxygen atoms in total. The molecule has 2 aliphatic rings. The van der Waals surface area contributed by atoms with Crippen molar-refractivity contribution in [1.29, 1.82) is 0 Å². The number of hydrogen-bond donors (Lipinski definition) is 1. The first-order valence-electron chi connectivity index (χ1n) is 7.68. The molecule has 1 N–H and O–H groups in total. The maximum atomic E-state index is 11.3. The zero-order chi connectivity index (χ0) is 14.8.